The SMILES string of the molecule is CCOC(=O)NC(C)C(C)=N. The molecule has 0 aromatic rings. The van der Waals surface area contributed by atoms with Gasteiger partial charge in [-0.2, -0.15) is 0 Å². The van der Waals surface area contributed by atoms with Gasteiger partial charge in [-0.3, -0.25) is 0 Å². The Bertz CT molecular complexity index is 157. The van der Waals surface area contributed by atoms with Gasteiger partial charge in [-0.05, 0) is 20.8 Å². The first-order valence-electron chi connectivity index (χ1n) is 3.56. The van der Waals surface area contributed by atoms with Gasteiger partial charge >= 0.3 is 6.09 Å². The molecule has 0 bridgehead atoms. The van der Waals surface area contributed by atoms with E-state index in [1.165, 1.54) is 0 Å². The highest BCUT2D eigenvalue weighted by molar-refractivity contribution is 5.87. The number of nitrogens with one attached hydrogen (secondary N) is 2. The summed E-state index contributed by atoms with van der Waals surface area (Å²) in [5, 5.41) is 9.65. The molecule has 0 aliphatic carbocycles. The largest absolute Gasteiger partial charge is 0.450 e. The first-order valence-corrected chi connectivity index (χ1v) is 3.56. The van der Waals surface area contributed by atoms with Crippen molar-refractivity contribution in [1.29, 1.82) is 5.41 Å². The Labute approximate surface area is 66.4 Å². The third-order valence-corrected chi connectivity index (χ3v) is 1.26. The molecule has 0 radical (unpaired) electrons. The summed E-state index contributed by atoms with van der Waals surface area (Å²) in [5.74, 6) is 0. The topological polar surface area (TPSA) is 62.2 Å². The molecular formula is C7H14N2O2. The van der Waals surface area contributed by atoms with Crippen LogP contribution in [-0.2, 0) is 4.74 Å². The molecule has 0 aromatic heterocycles. The molecule has 0 heterocycles. The van der Waals surface area contributed by atoms with Crippen LogP contribution in [0, 0.1) is 5.41 Å². The van der Waals surface area contributed by atoms with Crippen LogP contribution >= 0.6 is 0 Å². The van der Waals surface area contributed by atoms with Gasteiger partial charge in [0.25, 0.3) is 0 Å². The monoisotopic (exact) mass is 158 g/mol. The Kier molecular flexibility index (Phi) is 4.26. The van der Waals surface area contributed by atoms with E-state index < -0.39 is 6.09 Å². The predicted octanol–water partition coefficient (Wildman–Crippen LogP) is 1.16. The van der Waals surface area contributed by atoms with Gasteiger partial charge in [-0.25, -0.2) is 4.79 Å². The van der Waals surface area contributed by atoms with Gasteiger partial charge in [0.15, 0.2) is 0 Å². The molecule has 4 nitrogen and oxygen atoms in total. The van der Waals surface area contributed by atoms with E-state index in [9.17, 15) is 4.79 Å². The average molecular weight is 158 g/mol. The Balaban J connectivity index is 3.66. The number of hydrogen-bond acceptors (Lipinski definition) is 3. The minimum absolute atomic E-state index is 0.242. The van der Waals surface area contributed by atoms with Crippen LogP contribution in [0.3, 0.4) is 0 Å². The van der Waals surface area contributed by atoms with E-state index in [-0.39, 0.29) is 6.04 Å². The molecule has 1 unspecified atom stereocenters. The lowest BCUT2D eigenvalue weighted by molar-refractivity contribution is 0.151. The van der Waals surface area contributed by atoms with Crippen LogP contribution < -0.4 is 5.32 Å². The van der Waals surface area contributed by atoms with Crippen LogP contribution in [0.1, 0.15) is 20.8 Å². The van der Waals surface area contributed by atoms with Gasteiger partial charge in [-0.1, -0.05) is 0 Å². The number of ether oxygens (including phenoxy) is 1. The molecule has 4 heteroatoms. The van der Waals surface area contributed by atoms with Crippen molar-refractivity contribution in [2.75, 3.05) is 6.61 Å². The lowest BCUT2D eigenvalue weighted by Crippen LogP contribution is -2.37. The molecule has 11 heavy (non-hydrogen) atoms. The first kappa shape index (κ1) is 9.94. The Morgan fingerprint density at radius 2 is 2.27 bits per heavy atom. The molecule has 0 spiro atoms. The number of hydrogen-bond donors (Lipinski definition) is 2. The molecule has 0 aliphatic rings. The fraction of sp³-hybridized carbons (Fsp3) is 0.714. The average Bonchev–Trinajstić information content (AvgIpc) is 1.87. The quantitative estimate of drug-likeness (QED) is 0.605. The number of carbonyl (C=O) groups excluding carboxylic acids is 1. The van der Waals surface area contributed by atoms with Gasteiger partial charge in [0, 0.05) is 5.71 Å². The van der Waals surface area contributed by atoms with Crippen molar-refractivity contribution in [1.82, 2.24) is 5.32 Å². The third-order valence-electron chi connectivity index (χ3n) is 1.26. The maximum atomic E-state index is 10.7. The second kappa shape index (κ2) is 4.71. The summed E-state index contributed by atoms with van der Waals surface area (Å²) in [5.41, 5.74) is 0.415. The fourth-order valence-corrected chi connectivity index (χ4v) is 0.458. The molecule has 0 rings (SSSR count). The Hall–Kier alpha value is -1.06. The Morgan fingerprint density at radius 1 is 1.73 bits per heavy atom. The van der Waals surface area contributed by atoms with Crippen molar-refractivity contribution in [3.63, 3.8) is 0 Å². The lowest BCUT2D eigenvalue weighted by atomic mass is 10.2. The molecule has 0 aromatic carbocycles. The maximum Gasteiger partial charge on any atom is 0.407 e. The summed E-state index contributed by atoms with van der Waals surface area (Å²) >= 11 is 0. The zero-order valence-corrected chi connectivity index (χ0v) is 7.10. The van der Waals surface area contributed by atoms with Crippen LogP contribution in [0.25, 0.3) is 0 Å². The number of alkyl carbamates (subject to hydrolysis) is 1. The first-order chi connectivity index (χ1) is 5.07. The summed E-state index contributed by atoms with van der Waals surface area (Å²) in [4.78, 5) is 10.7. The fourth-order valence-electron chi connectivity index (χ4n) is 0.458. The smallest absolute Gasteiger partial charge is 0.407 e. The van der Waals surface area contributed by atoms with Crippen molar-refractivity contribution in [3.05, 3.63) is 0 Å². The highest BCUT2D eigenvalue weighted by Gasteiger charge is 2.07. The van der Waals surface area contributed by atoms with E-state index in [2.05, 4.69) is 10.1 Å². The molecule has 0 saturated carbocycles. The number of carbonyl (C=O) groups is 1. The molecular weight excluding hydrogens is 144 g/mol. The summed E-state index contributed by atoms with van der Waals surface area (Å²) in [7, 11) is 0. The van der Waals surface area contributed by atoms with Crippen LogP contribution in [0.2, 0.25) is 0 Å². The van der Waals surface area contributed by atoms with E-state index in [0.29, 0.717) is 12.3 Å². The molecule has 64 valence electrons. The molecule has 1 amide bonds. The van der Waals surface area contributed by atoms with Crippen LogP contribution in [0.5, 0.6) is 0 Å². The summed E-state index contributed by atoms with van der Waals surface area (Å²) < 4.78 is 4.62. The van der Waals surface area contributed by atoms with E-state index in [1.807, 2.05) is 0 Å². The van der Waals surface area contributed by atoms with Crippen molar-refractivity contribution in [3.8, 4) is 0 Å². The predicted molar refractivity (Wildman–Crippen MR) is 43.0 cm³/mol. The van der Waals surface area contributed by atoms with Crippen molar-refractivity contribution < 1.29 is 9.53 Å². The molecule has 2 N–H and O–H groups in total. The highest BCUT2D eigenvalue weighted by atomic mass is 16.5. The second-order valence-corrected chi connectivity index (χ2v) is 2.27. The lowest BCUT2D eigenvalue weighted by Gasteiger charge is -2.11. The summed E-state index contributed by atoms with van der Waals surface area (Å²) in [6.07, 6.45) is -0.466. The van der Waals surface area contributed by atoms with Gasteiger partial charge < -0.3 is 15.5 Å². The zero-order valence-electron chi connectivity index (χ0n) is 7.10. The maximum absolute atomic E-state index is 10.7. The summed E-state index contributed by atoms with van der Waals surface area (Å²) in [6, 6.07) is -0.242. The zero-order chi connectivity index (χ0) is 8.85. The van der Waals surface area contributed by atoms with Gasteiger partial charge in [0.2, 0.25) is 0 Å². The standard InChI is InChI=1S/C7H14N2O2/c1-4-11-7(10)9-6(3)5(2)8/h6,8H,4H2,1-3H3,(H,9,10). The summed E-state index contributed by atoms with van der Waals surface area (Å²) in [6.45, 7) is 5.47. The van der Waals surface area contributed by atoms with Gasteiger partial charge in [0.05, 0.1) is 12.6 Å². The normalized spacial score (nSPS) is 11.9. The molecule has 1 atom stereocenters. The van der Waals surface area contributed by atoms with Gasteiger partial charge in [-0.15, -0.1) is 0 Å². The molecule has 0 saturated heterocycles. The van der Waals surface area contributed by atoms with Crippen LogP contribution in [-0.4, -0.2) is 24.5 Å². The van der Waals surface area contributed by atoms with E-state index in [0.717, 1.165) is 0 Å². The molecule has 0 aliphatic heterocycles. The van der Waals surface area contributed by atoms with E-state index >= 15 is 0 Å². The van der Waals surface area contributed by atoms with Crippen molar-refractivity contribution in [2.24, 2.45) is 0 Å². The number of amides is 1. The highest BCUT2D eigenvalue weighted by Crippen LogP contribution is 1.85. The second-order valence-electron chi connectivity index (χ2n) is 2.27. The third kappa shape index (κ3) is 4.36. The van der Waals surface area contributed by atoms with E-state index in [4.69, 9.17) is 5.41 Å². The van der Waals surface area contributed by atoms with Gasteiger partial charge in [0.1, 0.15) is 0 Å². The van der Waals surface area contributed by atoms with E-state index in [1.54, 1.807) is 20.8 Å². The number of rotatable bonds is 3. The van der Waals surface area contributed by atoms with Crippen LogP contribution in [0.15, 0.2) is 0 Å². The minimum atomic E-state index is -0.466. The van der Waals surface area contributed by atoms with Crippen molar-refractivity contribution >= 4 is 11.8 Å². The van der Waals surface area contributed by atoms with Crippen LogP contribution in [0.4, 0.5) is 4.79 Å². The van der Waals surface area contributed by atoms with Crippen molar-refractivity contribution in [2.45, 2.75) is 26.8 Å². The minimum Gasteiger partial charge on any atom is -0.450 e. The molecule has 0 fully saturated rings. The Morgan fingerprint density at radius 3 is 2.64 bits per heavy atom.